The van der Waals surface area contributed by atoms with Crippen LogP contribution in [-0.4, -0.2) is 67.1 Å². The second-order valence-electron chi connectivity index (χ2n) is 24.1. The number of methoxy groups -OCH3 is 1. The van der Waals surface area contributed by atoms with Gasteiger partial charge in [-0.15, -0.1) is 108 Å². The van der Waals surface area contributed by atoms with Crippen LogP contribution in [0.4, 0.5) is 49.1 Å². The summed E-state index contributed by atoms with van der Waals surface area (Å²) in [5.74, 6) is -2.40. The average molecular weight is 2440 g/mol. The van der Waals surface area contributed by atoms with Gasteiger partial charge in [0, 0.05) is 233 Å². The Hall–Kier alpha value is -10.8. The number of ketones is 1. The maximum absolute atomic E-state index is 13.4. The van der Waals surface area contributed by atoms with E-state index in [2.05, 4.69) is 89.4 Å². The molecule has 15 rings (SSSR count). The van der Waals surface area contributed by atoms with Crippen molar-refractivity contribution in [3.63, 3.8) is 0 Å². The Morgan fingerprint density at radius 1 is 0.405 bits per heavy atom. The number of para-hydroxylation sites is 3. The van der Waals surface area contributed by atoms with Gasteiger partial charge in [0.2, 0.25) is 0 Å². The van der Waals surface area contributed by atoms with Crippen LogP contribution in [0.3, 0.4) is 0 Å². The van der Waals surface area contributed by atoms with Crippen molar-refractivity contribution in [3.8, 4) is 90.2 Å². The van der Waals surface area contributed by atoms with Crippen molar-refractivity contribution in [2.75, 3.05) is 31.0 Å². The van der Waals surface area contributed by atoms with Crippen molar-refractivity contribution in [2.45, 2.75) is 20.8 Å². The molecule has 0 aliphatic carbocycles. The first-order chi connectivity index (χ1) is 53.8. The van der Waals surface area contributed by atoms with E-state index >= 15 is 0 Å². The second kappa shape index (κ2) is 51.2. The van der Waals surface area contributed by atoms with Crippen LogP contribution < -0.4 is 14.5 Å². The van der Waals surface area contributed by atoms with E-state index in [0.717, 1.165) is 109 Å². The molecule has 23 heteroatoms. The molecule has 116 heavy (non-hydrogen) atoms. The molecular weight excluding hydrogens is 2370 g/mol. The van der Waals surface area contributed by atoms with Crippen molar-refractivity contribution in [1.82, 2.24) is 29.9 Å². The zero-order valence-electron chi connectivity index (χ0n) is 62.8. The number of anilines is 4. The van der Waals surface area contributed by atoms with E-state index in [0.29, 0.717) is 22.9 Å². The molecule has 0 saturated carbocycles. The molecule has 0 aliphatic rings. The number of carbonyl (C=O) groups excluding carboxylic acids is 1. The number of benzene rings is 9. The van der Waals surface area contributed by atoms with Crippen LogP contribution in [0.25, 0.3) is 78.7 Å². The Bertz CT molecular complexity index is 5360. The van der Waals surface area contributed by atoms with E-state index in [9.17, 15) is 36.2 Å². The van der Waals surface area contributed by atoms with Crippen LogP contribution in [-0.2, 0) is 106 Å². The molecule has 0 amide bonds. The zero-order valence-corrected chi connectivity index (χ0v) is 74.7. The molecule has 6 heterocycles. The maximum Gasteiger partial charge on any atom is 0.155 e. The van der Waals surface area contributed by atoms with Gasteiger partial charge in [-0.1, -0.05) is 167 Å². The van der Waals surface area contributed by atoms with Gasteiger partial charge < -0.3 is 44.7 Å². The Morgan fingerprint density at radius 3 is 1.25 bits per heavy atom. The number of pyridine rings is 6. The molecule has 9 aromatic carbocycles. The number of phenols is 1. The molecule has 0 bridgehead atoms. The SMILES string of the molecule is CC(=O)C=C(C)O.CN(C)c1ccnc(-c2[c-]cc(F)cc2)c1.COc1ccnc(-c2[c-]cc(F)cc2F)c1.Cc1ccnc(-c2[c-]cc(F)cc2F)c1.Fc1c[c-]c(-c2cc(N(c3ccccc3)c3ccccc3)ccn2)cc1.Oc1ccccc1-c1ccccc1.[Ir].[Ir].[Ir].[Ir].[Pt].[c-]1c(-c2ccccn2)cccc1-c1ccccn1. The third-order valence-electron chi connectivity index (χ3n) is 15.6. The Balaban J connectivity index is 0.000000289. The van der Waals surface area contributed by atoms with Crippen molar-refractivity contribution < 1.29 is 148 Å². The minimum Gasteiger partial charge on any atom is -0.512 e. The minimum absolute atomic E-state index is 0. The van der Waals surface area contributed by atoms with Gasteiger partial charge in [0.25, 0.3) is 0 Å². The summed E-state index contributed by atoms with van der Waals surface area (Å²) in [6, 6.07) is 96.7. The maximum atomic E-state index is 13.4. The van der Waals surface area contributed by atoms with E-state index in [1.54, 1.807) is 67.4 Å². The van der Waals surface area contributed by atoms with Gasteiger partial charge in [0.05, 0.1) is 12.9 Å². The van der Waals surface area contributed by atoms with E-state index in [4.69, 9.17) is 9.84 Å². The van der Waals surface area contributed by atoms with Gasteiger partial charge in [-0.25, -0.2) is 0 Å². The molecule has 2 N–H and O–H groups in total. The first kappa shape index (κ1) is 97.5. The molecule has 0 fully saturated rings. The number of hydrogen-bond donors (Lipinski definition) is 2. The first-order valence-electron chi connectivity index (χ1n) is 34.4. The summed E-state index contributed by atoms with van der Waals surface area (Å²) in [6.45, 7) is 4.73. The van der Waals surface area contributed by atoms with E-state index in [1.165, 1.54) is 57.5 Å². The smallest absolute Gasteiger partial charge is 0.155 e. The number of aliphatic hydroxyl groups is 1. The van der Waals surface area contributed by atoms with Crippen LogP contribution in [0.5, 0.6) is 11.5 Å². The molecule has 15 aromatic rings. The molecule has 0 spiro atoms. The van der Waals surface area contributed by atoms with Gasteiger partial charge >= 0.3 is 0 Å². The van der Waals surface area contributed by atoms with Crippen molar-refractivity contribution >= 4 is 28.5 Å². The number of aromatic nitrogens is 6. The van der Waals surface area contributed by atoms with Crippen LogP contribution in [0.1, 0.15) is 19.4 Å². The summed E-state index contributed by atoms with van der Waals surface area (Å²) in [6.07, 6.45) is 11.3. The summed E-state index contributed by atoms with van der Waals surface area (Å²) in [7, 11) is 5.44. The summed E-state index contributed by atoms with van der Waals surface area (Å²) in [5.41, 5.74) is 15.1. The predicted octanol–water partition coefficient (Wildman–Crippen LogP) is 22.6. The number of allylic oxidation sites excluding steroid dienone is 2. The standard InChI is InChI=1S/C23H16FN2.C16H11N2.C13H12FN2.C12H8F2NO.C12H8F2N.C12H10O.C5H8O2.4Ir.Pt/c24-19-13-11-18(12-14-19)23-17-22(15-16-25-23)26(20-7-3-1-4-8-20)21-9-5-2-6-10-21;1-3-10-17-15(8-1)13-6-5-7-14(12-13)16-9-2-4-11-18-16;1-16(2)12-7-8-15-13(9-12)10-3-5-11(14)6-4-10;1-16-9-4-5-15-12(7-9)10-3-2-8(13)6-11(10)14;1-8-4-5-15-12(6-8)10-3-2-9(13)7-11(10)14;13-12-9-5-4-8-11(12)10-6-2-1-3-7-10;1-4(6)3-5(2)7;;;;;/h1-11,13-17H;1-11H;3,5-9H,1-2H3;2,4-7H,1H3;2,4-7H,1H3;1-9,13H;3,6H,1-2H3;;;;;/q5*-1;;;;;;;. The third kappa shape index (κ3) is 31.1. The van der Waals surface area contributed by atoms with Gasteiger partial charge in [-0.3, -0.25) is 41.1 Å². The average Bonchev–Trinajstić information content (AvgIpc) is 0.817. The second-order valence-corrected chi connectivity index (χ2v) is 24.1. The predicted molar refractivity (Wildman–Crippen MR) is 426 cm³/mol. The number of phenolic OH excluding ortho intramolecular Hbond substituents is 1. The molecule has 4 radical (unpaired) electrons. The summed E-state index contributed by atoms with van der Waals surface area (Å²) in [4.78, 5) is 39.5. The molecule has 0 aliphatic heterocycles. The quantitative estimate of drug-likeness (QED) is 0.0489. The molecule has 0 saturated heterocycles. The number of rotatable bonds is 13. The van der Waals surface area contributed by atoms with E-state index in [-0.39, 0.29) is 136 Å². The number of ether oxygens (including phenoxy) is 1. The molecule has 602 valence electrons. The molecule has 6 aromatic heterocycles. The summed E-state index contributed by atoms with van der Waals surface area (Å²) >= 11 is 0. The fraction of sp³-hybridized carbons (Fsp3) is 0.0645. The Labute approximate surface area is 740 Å². The van der Waals surface area contributed by atoms with Crippen LogP contribution in [0.2, 0.25) is 0 Å². The number of nitrogens with zero attached hydrogens (tertiary/aromatic N) is 8. The zero-order chi connectivity index (χ0) is 78.9. The number of hydrogen-bond acceptors (Lipinski definition) is 12. The fourth-order valence-corrected chi connectivity index (χ4v) is 10.4. The normalized spacial score (nSPS) is 9.88. The fourth-order valence-electron chi connectivity index (χ4n) is 10.4. The number of aryl methyl sites for hydroxylation is 1. The summed E-state index contributed by atoms with van der Waals surface area (Å²) in [5, 5.41) is 17.9. The topological polar surface area (TPSA) is 151 Å². The van der Waals surface area contributed by atoms with Crippen molar-refractivity contribution in [3.05, 3.63) is 399 Å². The minimum atomic E-state index is -0.694. The first-order valence-corrected chi connectivity index (χ1v) is 34.4. The monoisotopic (exact) mass is 2450 g/mol. The van der Waals surface area contributed by atoms with Crippen LogP contribution in [0.15, 0.2) is 328 Å². The molecular formula is C93H73F6Ir4N8O4Pt-5. The number of aliphatic hydroxyl groups excluding tert-OH is 1. The van der Waals surface area contributed by atoms with Gasteiger partial charge in [-0.2, -0.15) is 0 Å². The van der Waals surface area contributed by atoms with Crippen molar-refractivity contribution in [2.24, 2.45) is 0 Å². The summed E-state index contributed by atoms with van der Waals surface area (Å²) < 4.78 is 83.1. The van der Waals surface area contributed by atoms with Crippen molar-refractivity contribution in [1.29, 1.82) is 0 Å². The van der Waals surface area contributed by atoms with Crippen LogP contribution in [0, 0.1) is 72.2 Å². The van der Waals surface area contributed by atoms with Gasteiger partial charge in [0.15, 0.2) is 5.78 Å². The third-order valence-corrected chi connectivity index (χ3v) is 15.6. The largest absolute Gasteiger partial charge is 0.512 e. The van der Waals surface area contributed by atoms with Crippen LogP contribution >= 0.6 is 0 Å². The number of aromatic hydroxyl groups is 1. The number of carbonyl (C=O) groups is 1. The van der Waals surface area contributed by atoms with Gasteiger partial charge in [0.1, 0.15) is 11.5 Å². The Kier molecular flexibility index (Phi) is 43.0. The van der Waals surface area contributed by atoms with E-state index in [1.807, 2.05) is 196 Å². The Morgan fingerprint density at radius 2 is 0.828 bits per heavy atom. The molecule has 0 unspecified atom stereocenters. The van der Waals surface area contributed by atoms with E-state index < -0.39 is 23.3 Å². The molecule has 0 atom stereocenters. The molecule has 12 nitrogen and oxygen atoms in total. The van der Waals surface area contributed by atoms with Gasteiger partial charge in [-0.05, 0) is 122 Å². The number of halogens is 6.